The molecule has 5 nitrogen and oxygen atoms in total. The van der Waals surface area contributed by atoms with Crippen molar-refractivity contribution in [2.45, 2.75) is 39.3 Å². The lowest BCUT2D eigenvalue weighted by Crippen LogP contribution is -2.25. The van der Waals surface area contributed by atoms with Gasteiger partial charge in [-0.3, -0.25) is 4.57 Å². The van der Waals surface area contributed by atoms with E-state index in [0.717, 1.165) is 28.2 Å². The number of aromatic amines is 1. The van der Waals surface area contributed by atoms with Crippen molar-refractivity contribution in [3.05, 3.63) is 205 Å². The number of nitrogens with one attached hydrogen (secondary N) is 3. The summed E-state index contributed by atoms with van der Waals surface area (Å²) in [7, 11) is 0. The third kappa shape index (κ3) is 6.31. The Hall–Kier alpha value is -6.98. The fourth-order valence-corrected chi connectivity index (χ4v) is 8.46. The molecule has 0 fully saturated rings. The third-order valence-corrected chi connectivity index (χ3v) is 11.3. The van der Waals surface area contributed by atoms with Gasteiger partial charge in [0.05, 0.1) is 11.2 Å². The lowest BCUT2D eigenvalue weighted by Gasteiger charge is -2.35. The molecule has 0 radical (unpaired) electrons. The number of benzene rings is 7. The zero-order valence-electron chi connectivity index (χ0n) is 32.9. The van der Waals surface area contributed by atoms with Crippen molar-refractivity contribution in [2.24, 2.45) is 0 Å². The molecule has 280 valence electrons. The number of para-hydroxylation sites is 5. The maximum atomic E-state index is 3.92. The zero-order chi connectivity index (χ0) is 38.9. The number of nitrogens with zero attached hydrogens (tertiary/aromatic N) is 2. The van der Waals surface area contributed by atoms with Crippen molar-refractivity contribution >= 4 is 61.3 Å². The number of rotatable bonds is 3. The summed E-state index contributed by atoms with van der Waals surface area (Å²) in [6.07, 6.45) is 3.98. The van der Waals surface area contributed by atoms with Gasteiger partial charge in [0.2, 0.25) is 0 Å². The Morgan fingerprint density at radius 3 is 1.70 bits per heavy atom. The molecule has 3 N–H and O–H groups in total. The average molecular weight is 742 g/mol. The number of allylic oxidation sites excluding steroid dienone is 2. The second kappa shape index (κ2) is 14.9. The zero-order valence-corrected chi connectivity index (χ0v) is 32.9. The van der Waals surface area contributed by atoms with E-state index >= 15 is 0 Å². The van der Waals surface area contributed by atoms with Gasteiger partial charge >= 0.3 is 0 Å². The topological polar surface area (TPSA) is 48.0 Å². The molecular formula is C52H47N5. The van der Waals surface area contributed by atoms with Crippen LogP contribution in [0.3, 0.4) is 0 Å². The van der Waals surface area contributed by atoms with Gasteiger partial charge in [-0.2, -0.15) is 0 Å². The van der Waals surface area contributed by atoms with Gasteiger partial charge in [0, 0.05) is 55.4 Å². The predicted molar refractivity (Wildman–Crippen MR) is 243 cm³/mol. The Labute approximate surface area is 334 Å². The second-order valence-electron chi connectivity index (χ2n) is 15.1. The molecule has 0 amide bonds. The van der Waals surface area contributed by atoms with Crippen molar-refractivity contribution in [1.82, 2.24) is 9.55 Å². The molecule has 0 bridgehead atoms. The summed E-state index contributed by atoms with van der Waals surface area (Å²) < 4.78 is 2.37. The molecule has 2 aliphatic heterocycles. The monoisotopic (exact) mass is 741 g/mol. The minimum Gasteiger partial charge on any atom is -0.355 e. The molecule has 5 heteroatoms. The number of fused-ring (bicyclic) bond motifs is 8. The molecule has 1 unspecified atom stereocenters. The van der Waals surface area contributed by atoms with Crippen LogP contribution in [0.5, 0.6) is 0 Å². The lowest BCUT2D eigenvalue weighted by atomic mass is 9.74. The molecule has 2 aromatic heterocycles. The molecule has 9 aromatic rings. The molecular weight excluding hydrogens is 695 g/mol. The molecule has 0 saturated carbocycles. The Kier molecular flexibility index (Phi) is 9.35. The molecule has 1 atom stereocenters. The number of anilines is 5. The Morgan fingerprint density at radius 1 is 0.526 bits per heavy atom. The SMILES string of the molecule is C/C=C\C.CC1(C)c2ccccc2Nc2ccccc21.c1ccc(C2Nc3c(c4cc5c(cc4n3-c3ccccc3)[nH]c3ccccc35)N2c2ccccc2)cc1. The van der Waals surface area contributed by atoms with Gasteiger partial charge in [-0.25, -0.2) is 0 Å². The largest absolute Gasteiger partial charge is 0.355 e. The maximum absolute atomic E-state index is 3.92. The Morgan fingerprint density at radius 2 is 1.07 bits per heavy atom. The highest BCUT2D eigenvalue weighted by Crippen LogP contribution is 2.53. The summed E-state index contributed by atoms with van der Waals surface area (Å²) in [5.41, 5.74) is 13.5. The molecule has 11 rings (SSSR count). The third-order valence-electron chi connectivity index (χ3n) is 11.3. The first-order valence-electron chi connectivity index (χ1n) is 19.8. The van der Waals surface area contributed by atoms with Crippen LogP contribution in [0.4, 0.5) is 28.6 Å². The fourth-order valence-electron chi connectivity index (χ4n) is 8.46. The van der Waals surface area contributed by atoms with Gasteiger partial charge in [-0.1, -0.05) is 147 Å². The van der Waals surface area contributed by atoms with Crippen LogP contribution in [0.25, 0.3) is 38.4 Å². The van der Waals surface area contributed by atoms with Gasteiger partial charge in [-0.05, 0) is 85.1 Å². The van der Waals surface area contributed by atoms with Crippen molar-refractivity contribution in [1.29, 1.82) is 0 Å². The highest BCUT2D eigenvalue weighted by atomic mass is 15.4. The highest BCUT2D eigenvalue weighted by molar-refractivity contribution is 6.16. The Bertz CT molecular complexity index is 2800. The summed E-state index contributed by atoms with van der Waals surface area (Å²) in [6.45, 7) is 8.57. The minimum absolute atomic E-state index is 0.0216. The number of aromatic nitrogens is 2. The van der Waals surface area contributed by atoms with E-state index < -0.39 is 0 Å². The van der Waals surface area contributed by atoms with E-state index in [9.17, 15) is 0 Å². The summed E-state index contributed by atoms with van der Waals surface area (Å²) in [6, 6.07) is 62.4. The van der Waals surface area contributed by atoms with Crippen molar-refractivity contribution < 1.29 is 0 Å². The van der Waals surface area contributed by atoms with E-state index in [-0.39, 0.29) is 11.6 Å². The molecule has 0 aliphatic carbocycles. The average Bonchev–Trinajstić information content (AvgIpc) is 3.93. The summed E-state index contributed by atoms with van der Waals surface area (Å²) >= 11 is 0. The minimum atomic E-state index is -0.0216. The second-order valence-corrected chi connectivity index (χ2v) is 15.1. The summed E-state index contributed by atoms with van der Waals surface area (Å²) in [5, 5.41) is 11.1. The van der Waals surface area contributed by atoms with Crippen LogP contribution >= 0.6 is 0 Å². The van der Waals surface area contributed by atoms with E-state index in [4.69, 9.17) is 0 Å². The van der Waals surface area contributed by atoms with Gasteiger partial charge < -0.3 is 20.5 Å². The first kappa shape index (κ1) is 35.7. The molecule has 7 aromatic carbocycles. The van der Waals surface area contributed by atoms with Crippen LogP contribution in [0.1, 0.15) is 50.6 Å². The van der Waals surface area contributed by atoms with E-state index in [1.807, 2.05) is 26.0 Å². The quantitative estimate of drug-likeness (QED) is 0.158. The fraction of sp³-hybridized carbons (Fsp3) is 0.115. The standard InChI is InChI=1S/C33H24N4.C15H15N.C4H8/c1-4-12-22(13-5-1)32-35-33-31(37(32)24-16-8-3-9-17-24)27-20-26-25-18-10-11-19-28(25)34-29(26)21-30(27)36(33)23-14-6-2-7-15-23;1-15(2)11-7-3-5-9-13(11)16-14-10-6-4-8-12(14)15;1-3-4-2/h1-21,32,34-35H;3-10,16H,1-2H3;3-4H,1-2H3/b;;4-3-. The Balaban J connectivity index is 0.000000175. The van der Waals surface area contributed by atoms with Gasteiger partial charge in [0.15, 0.2) is 0 Å². The van der Waals surface area contributed by atoms with Crippen LogP contribution in [-0.2, 0) is 5.41 Å². The van der Waals surface area contributed by atoms with Crippen molar-refractivity contribution in [3.63, 3.8) is 0 Å². The molecule has 2 aliphatic rings. The van der Waals surface area contributed by atoms with Gasteiger partial charge in [0.25, 0.3) is 0 Å². The molecule has 0 spiro atoms. The van der Waals surface area contributed by atoms with E-state index in [0.29, 0.717) is 0 Å². The summed E-state index contributed by atoms with van der Waals surface area (Å²) in [4.78, 5) is 6.10. The lowest BCUT2D eigenvalue weighted by molar-refractivity contribution is 0.638. The van der Waals surface area contributed by atoms with Gasteiger partial charge in [-0.15, -0.1) is 0 Å². The first-order chi connectivity index (χ1) is 28.0. The van der Waals surface area contributed by atoms with Crippen LogP contribution in [0.15, 0.2) is 188 Å². The van der Waals surface area contributed by atoms with Crippen LogP contribution in [0.2, 0.25) is 0 Å². The van der Waals surface area contributed by atoms with Gasteiger partial charge in [0.1, 0.15) is 12.0 Å². The number of H-pyrrole nitrogens is 1. The van der Waals surface area contributed by atoms with E-state index in [2.05, 4.69) is 215 Å². The maximum Gasteiger partial charge on any atom is 0.138 e. The van der Waals surface area contributed by atoms with E-state index in [1.165, 1.54) is 55.4 Å². The number of hydrogen-bond acceptors (Lipinski definition) is 3. The molecule has 57 heavy (non-hydrogen) atoms. The predicted octanol–water partition coefficient (Wildman–Crippen LogP) is 14.2. The van der Waals surface area contributed by atoms with E-state index in [1.54, 1.807) is 0 Å². The smallest absolute Gasteiger partial charge is 0.138 e. The van der Waals surface area contributed by atoms with Crippen molar-refractivity contribution in [2.75, 3.05) is 15.5 Å². The normalized spacial score (nSPS) is 14.8. The number of hydrogen-bond donors (Lipinski definition) is 3. The molecule has 0 saturated heterocycles. The first-order valence-corrected chi connectivity index (χ1v) is 19.8. The van der Waals surface area contributed by atoms with Crippen LogP contribution < -0.4 is 15.5 Å². The summed E-state index contributed by atoms with van der Waals surface area (Å²) in [5.74, 6) is 1.11. The van der Waals surface area contributed by atoms with Crippen LogP contribution in [-0.4, -0.2) is 9.55 Å². The molecule has 4 heterocycles. The van der Waals surface area contributed by atoms with Crippen molar-refractivity contribution in [3.8, 4) is 5.69 Å². The highest BCUT2D eigenvalue weighted by Gasteiger charge is 2.37. The van der Waals surface area contributed by atoms with Crippen LogP contribution in [0, 0.1) is 0 Å².